The molecule has 140 valence electrons. The van der Waals surface area contributed by atoms with Crippen molar-refractivity contribution in [2.75, 3.05) is 0 Å². The van der Waals surface area contributed by atoms with Crippen LogP contribution in [0, 0.1) is 0 Å². The summed E-state index contributed by atoms with van der Waals surface area (Å²) >= 11 is 7.39. The van der Waals surface area contributed by atoms with Crippen LogP contribution in [0.15, 0.2) is 40.8 Å². The molecular formula is C20H20ClN3O2S. The van der Waals surface area contributed by atoms with Gasteiger partial charge in [-0.25, -0.2) is 4.98 Å². The van der Waals surface area contributed by atoms with Gasteiger partial charge in [-0.2, -0.15) is 0 Å². The van der Waals surface area contributed by atoms with Gasteiger partial charge in [-0.15, -0.1) is 11.3 Å². The summed E-state index contributed by atoms with van der Waals surface area (Å²) < 4.78 is 1.40. The minimum absolute atomic E-state index is 0.00578. The van der Waals surface area contributed by atoms with Crippen molar-refractivity contribution in [1.82, 2.24) is 14.9 Å². The number of carbonyl (C=O) groups is 1. The van der Waals surface area contributed by atoms with Crippen molar-refractivity contribution in [3.05, 3.63) is 51.3 Å². The number of carbonyl (C=O) groups excluding carboxylic acids is 1. The first kappa shape index (κ1) is 18.2. The van der Waals surface area contributed by atoms with E-state index in [1.54, 1.807) is 12.1 Å². The molecule has 2 aromatic heterocycles. The second kappa shape index (κ2) is 7.82. The zero-order valence-electron chi connectivity index (χ0n) is 14.8. The highest BCUT2D eigenvalue weighted by molar-refractivity contribution is 7.17. The Morgan fingerprint density at radius 3 is 2.70 bits per heavy atom. The van der Waals surface area contributed by atoms with Crippen LogP contribution in [0.25, 0.3) is 21.3 Å². The van der Waals surface area contributed by atoms with E-state index in [9.17, 15) is 9.59 Å². The Balaban J connectivity index is 1.61. The van der Waals surface area contributed by atoms with Gasteiger partial charge < -0.3 is 5.32 Å². The first-order valence-corrected chi connectivity index (χ1v) is 10.4. The Labute approximate surface area is 166 Å². The lowest BCUT2D eigenvalue weighted by Gasteiger charge is -2.22. The second-order valence-corrected chi connectivity index (χ2v) is 8.21. The molecule has 0 atom stereocenters. The first-order valence-electron chi connectivity index (χ1n) is 9.14. The van der Waals surface area contributed by atoms with Crippen molar-refractivity contribution in [2.24, 2.45) is 0 Å². The number of nitrogens with one attached hydrogen (secondary N) is 1. The summed E-state index contributed by atoms with van der Waals surface area (Å²) in [5.74, 6) is -0.131. The third-order valence-electron chi connectivity index (χ3n) is 5.00. The van der Waals surface area contributed by atoms with Crippen molar-refractivity contribution in [3.8, 4) is 11.1 Å². The molecular weight excluding hydrogens is 382 g/mol. The molecule has 1 aromatic carbocycles. The molecule has 0 radical (unpaired) electrons. The zero-order chi connectivity index (χ0) is 18.8. The van der Waals surface area contributed by atoms with Crippen LogP contribution in [0.5, 0.6) is 0 Å². The summed E-state index contributed by atoms with van der Waals surface area (Å²) in [5.41, 5.74) is 1.55. The van der Waals surface area contributed by atoms with Gasteiger partial charge in [-0.3, -0.25) is 14.2 Å². The molecule has 4 rings (SSSR count). The van der Waals surface area contributed by atoms with Crippen molar-refractivity contribution in [2.45, 2.75) is 44.7 Å². The first-order chi connectivity index (χ1) is 13.1. The molecule has 1 amide bonds. The van der Waals surface area contributed by atoms with E-state index in [0.717, 1.165) is 36.8 Å². The van der Waals surface area contributed by atoms with Gasteiger partial charge in [0.25, 0.3) is 5.56 Å². The van der Waals surface area contributed by atoms with Crippen molar-refractivity contribution in [1.29, 1.82) is 0 Å². The highest BCUT2D eigenvalue weighted by Gasteiger charge is 2.18. The maximum absolute atomic E-state index is 13.0. The minimum Gasteiger partial charge on any atom is -0.352 e. The third kappa shape index (κ3) is 3.92. The Morgan fingerprint density at radius 2 is 1.96 bits per heavy atom. The predicted octanol–water partition coefficient (Wildman–Crippen LogP) is 4.23. The Bertz CT molecular complexity index is 1020. The van der Waals surface area contributed by atoms with Gasteiger partial charge in [-0.05, 0) is 30.5 Å². The van der Waals surface area contributed by atoms with E-state index in [0.29, 0.717) is 15.2 Å². The molecule has 0 spiro atoms. The standard InChI is InChI=1S/C20H20ClN3O2S/c21-14-8-6-13(7-9-14)16-11-27-19-18(16)20(26)24(12-22-19)10-17(25)23-15-4-2-1-3-5-15/h6-9,11-12,15H,1-5,10H2,(H,23,25). The lowest BCUT2D eigenvalue weighted by molar-refractivity contribution is -0.122. The van der Waals surface area contributed by atoms with Crippen LogP contribution in [0.4, 0.5) is 0 Å². The molecule has 0 aliphatic heterocycles. The van der Waals surface area contributed by atoms with E-state index in [1.165, 1.54) is 28.7 Å². The molecule has 1 fully saturated rings. The second-order valence-electron chi connectivity index (χ2n) is 6.92. The molecule has 7 heteroatoms. The lowest BCUT2D eigenvalue weighted by atomic mass is 9.95. The number of thiophene rings is 1. The molecule has 0 bridgehead atoms. The average molecular weight is 402 g/mol. The Kier molecular flexibility index (Phi) is 5.27. The summed E-state index contributed by atoms with van der Waals surface area (Å²) in [7, 11) is 0. The molecule has 2 heterocycles. The Morgan fingerprint density at radius 1 is 1.22 bits per heavy atom. The van der Waals surface area contributed by atoms with E-state index < -0.39 is 0 Å². The van der Waals surface area contributed by atoms with E-state index in [1.807, 2.05) is 17.5 Å². The zero-order valence-corrected chi connectivity index (χ0v) is 16.4. The summed E-state index contributed by atoms with van der Waals surface area (Å²) in [6, 6.07) is 7.59. The van der Waals surface area contributed by atoms with Gasteiger partial charge >= 0.3 is 0 Å². The molecule has 0 unspecified atom stereocenters. The number of fused-ring (bicyclic) bond motifs is 1. The highest BCUT2D eigenvalue weighted by atomic mass is 35.5. The molecule has 0 saturated heterocycles. The minimum atomic E-state index is -0.190. The maximum Gasteiger partial charge on any atom is 0.263 e. The summed E-state index contributed by atoms with van der Waals surface area (Å²) in [6.07, 6.45) is 7.03. The quantitative estimate of drug-likeness (QED) is 0.711. The van der Waals surface area contributed by atoms with Crippen LogP contribution in [0.3, 0.4) is 0 Å². The van der Waals surface area contributed by atoms with Crippen LogP contribution in [-0.4, -0.2) is 21.5 Å². The molecule has 1 aliphatic carbocycles. The van der Waals surface area contributed by atoms with Crippen molar-refractivity contribution >= 4 is 39.1 Å². The third-order valence-corrected chi connectivity index (χ3v) is 6.14. The topological polar surface area (TPSA) is 64.0 Å². The number of hydrogen-bond acceptors (Lipinski definition) is 4. The summed E-state index contributed by atoms with van der Waals surface area (Å²) in [4.78, 5) is 30.4. The number of halogens is 1. The molecule has 1 saturated carbocycles. The molecule has 27 heavy (non-hydrogen) atoms. The fraction of sp³-hybridized carbons (Fsp3) is 0.350. The normalized spacial score (nSPS) is 15.1. The van der Waals surface area contributed by atoms with E-state index in [-0.39, 0.29) is 24.1 Å². The fourth-order valence-electron chi connectivity index (χ4n) is 3.60. The number of hydrogen-bond donors (Lipinski definition) is 1. The molecule has 1 aliphatic rings. The lowest BCUT2D eigenvalue weighted by Crippen LogP contribution is -2.39. The average Bonchev–Trinajstić information content (AvgIpc) is 3.10. The van der Waals surface area contributed by atoms with Gasteiger partial charge in [0.2, 0.25) is 5.91 Å². The number of amides is 1. The summed E-state index contributed by atoms with van der Waals surface area (Å²) in [6.45, 7) is -0.00578. The smallest absolute Gasteiger partial charge is 0.263 e. The fourth-order valence-corrected chi connectivity index (χ4v) is 4.63. The predicted molar refractivity (Wildman–Crippen MR) is 109 cm³/mol. The van der Waals surface area contributed by atoms with Gasteiger partial charge in [0.1, 0.15) is 11.4 Å². The highest BCUT2D eigenvalue weighted by Crippen LogP contribution is 2.31. The number of benzene rings is 1. The van der Waals surface area contributed by atoms with Crippen molar-refractivity contribution in [3.63, 3.8) is 0 Å². The van der Waals surface area contributed by atoms with Crippen LogP contribution >= 0.6 is 22.9 Å². The monoisotopic (exact) mass is 401 g/mol. The van der Waals surface area contributed by atoms with Gasteiger partial charge in [-0.1, -0.05) is 43.0 Å². The largest absolute Gasteiger partial charge is 0.352 e. The molecule has 3 aromatic rings. The van der Waals surface area contributed by atoms with E-state index >= 15 is 0 Å². The number of nitrogens with zero attached hydrogens (tertiary/aromatic N) is 2. The van der Waals surface area contributed by atoms with Crippen LogP contribution in [0.1, 0.15) is 32.1 Å². The molecule has 1 N–H and O–H groups in total. The van der Waals surface area contributed by atoms with Crippen LogP contribution in [-0.2, 0) is 11.3 Å². The summed E-state index contributed by atoms with van der Waals surface area (Å²) in [5, 5.41) is 6.17. The maximum atomic E-state index is 13.0. The van der Waals surface area contributed by atoms with E-state index in [4.69, 9.17) is 11.6 Å². The van der Waals surface area contributed by atoms with Crippen molar-refractivity contribution < 1.29 is 4.79 Å². The Hall–Kier alpha value is -2.18. The van der Waals surface area contributed by atoms with Crippen LogP contribution < -0.4 is 10.9 Å². The number of rotatable bonds is 4. The van der Waals surface area contributed by atoms with Crippen LogP contribution in [0.2, 0.25) is 5.02 Å². The van der Waals surface area contributed by atoms with E-state index in [2.05, 4.69) is 10.3 Å². The SMILES string of the molecule is O=C(Cn1cnc2scc(-c3ccc(Cl)cc3)c2c1=O)NC1CCCCC1. The van der Waals surface area contributed by atoms with Gasteiger partial charge in [0.15, 0.2) is 0 Å². The van der Waals surface area contributed by atoms with Gasteiger partial charge in [0, 0.05) is 22.0 Å². The number of aromatic nitrogens is 2. The molecule has 5 nitrogen and oxygen atoms in total. The van der Waals surface area contributed by atoms with Gasteiger partial charge in [0.05, 0.1) is 11.7 Å².